The zero-order valence-electron chi connectivity index (χ0n) is 15.3. The van der Waals surface area contributed by atoms with E-state index in [9.17, 15) is 13.6 Å². The predicted molar refractivity (Wildman–Crippen MR) is 109 cm³/mol. The van der Waals surface area contributed by atoms with Crippen molar-refractivity contribution in [2.45, 2.75) is 0 Å². The molecule has 5 heteroatoms. The second kappa shape index (κ2) is 8.02. The lowest BCUT2D eigenvalue weighted by molar-refractivity contribution is 0.102. The van der Waals surface area contributed by atoms with Gasteiger partial charge in [-0.25, -0.2) is 13.8 Å². The number of nitrogens with one attached hydrogen (secondary N) is 1. The Labute approximate surface area is 166 Å². The van der Waals surface area contributed by atoms with E-state index >= 15 is 0 Å². The van der Waals surface area contributed by atoms with Crippen molar-refractivity contribution >= 4 is 11.6 Å². The van der Waals surface area contributed by atoms with Crippen LogP contribution in [0.4, 0.5) is 14.5 Å². The molecule has 0 fully saturated rings. The molecule has 29 heavy (non-hydrogen) atoms. The molecule has 0 spiro atoms. The van der Waals surface area contributed by atoms with Crippen LogP contribution >= 0.6 is 0 Å². The number of carbonyl (C=O) groups excluding carboxylic acids is 1. The molecule has 0 aliphatic rings. The van der Waals surface area contributed by atoms with Gasteiger partial charge in [0.1, 0.15) is 11.6 Å². The van der Waals surface area contributed by atoms with Crippen molar-refractivity contribution < 1.29 is 13.6 Å². The number of benzene rings is 3. The van der Waals surface area contributed by atoms with Crippen LogP contribution in [-0.4, -0.2) is 10.9 Å². The fourth-order valence-electron chi connectivity index (χ4n) is 2.94. The van der Waals surface area contributed by atoms with Crippen LogP contribution in [0.2, 0.25) is 0 Å². The Bertz CT molecular complexity index is 1160. The highest BCUT2D eigenvalue weighted by molar-refractivity contribution is 6.04. The van der Waals surface area contributed by atoms with Gasteiger partial charge in [-0.15, -0.1) is 0 Å². The summed E-state index contributed by atoms with van der Waals surface area (Å²) in [5, 5.41) is 2.81. The minimum atomic E-state index is -0.393. The Morgan fingerprint density at radius 2 is 1.28 bits per heavy atom. The highest BCUT2D eigenvalue weighted by Gasteiger charge is 2.08. The number of anilines is 1. The third-order valence-electron chi connectivity index (χ3n) is 4.41. The van der Waals surface area contributed by atoms with Crippen molar-refractivity contribution in [1.29, 1.82) is 0 Å². The molecule has 1 N–H and O–H groups in total. The smallest absolute Gasteiger partial charge is 0.255 e. The van der Waals surface area contributed by atoms with Crippen LogP contribution in [0.3, 0.4) is 0 Å². The molecule has 0 saturated heterocycles. The largest absolute Gasteiger partial charge is 0.322 e. The molecule has 3 nitrogen and oxygen atoms in total. The van der Waals surface area contributed by atoms with Gasteiger partial charge in [0, 0.05) is 22.4 Å². The van der Waals surface area contributed by atoms with Gasteiger partial charge in [0.05, 0.1) is 11.4 Å². The lowest BCUT2D eigenvalue weighted by Crippen LogP contribution is -2.11. The van der Waals surface area contributed by atoms with Gasteiger partial charge in [-0.1, -0.05) is 18.2 Å². The van der Waals surface area contributed by atoms with Crippen molar-refractivity contribution in [1.82, 2.24) is 4.98 Å². The van der Waals surface area contributed by atoms with Crippen LogP contribution in [0.5, 0.6) is 0 Å². The van der Waals surface area contributed by atoms with E-state index in [2.05, 4.69) is 10.3 Å². The van der Waals surface area contributed by atoms with E-state index < -0.39 is 5.82 Å². The van der Waals surface area contributed by atoms with Gasteiger partial charge >= 0.3 is 0 Å². The number of amides is 1. The minimum Gasteiger partial charge on any atom is -0.322 e. The zero-order chi connectivity index (χ0) is 20.2. The zero-order valence-corrected chi connectivity index (χ0v) is 15.3. The molecule has 0 atom stereocenters. The average molecular weight is 386 g/mol. The van der Waals surface area contributed by atoms with Gasteiger partial charge < -0.3 is 5.32 Å². The first-order chi connectivity index (χ1) is 14.1. The second-order valence-electron chi connectivity index (χ2n) is 6.46. The maximum Gasteiger partial charge on any atom is 0.255 e. The monoisotopic (exact) mass is 386 g/mol. The van der Waals surface area contributed by atoms with E-state index in [0.717, 1.165) is 22.5 Å². The number of halogens is 2. The Morgan fingerprint density at radius 1 is 0.690 bits per heavy atom. The van der Waals surface area contributed by atoms with Crippen LogP contribution in [0.1, 0.15) is 10.4 Å². The molecule has 0 bridgehead atoms. The van der Waals surface area contributed by atoms with E-state index in [-0.39, 0.29) is 11.7 Å². The topological polar surface area (TPSA) is 42.0 Å². The maximum atomic E-state index is 13.2. The summed E-state index contributed by atoms with van der Waals surface area (Å²) in [4.78, 5) is 17.0. The summed E-state index contributed by atoms with van der Waals surface area (Å²) in [7, 11) is 0. The van der Waals surface area contributed by atoms with Crippen molar-refractivity contribution in [2.75, 3.05) is 5.32 Å². The van der Waals surface area contributed by atoms with E-state index in [1.165, 1.54) is 36.4 Å². The van der Waals surface area contributed by atoms with E-state index in [4.69, 9.17) is 0 Å². The fourth-order valence-corrected chi connectivity index (χ4v) is 2.94. The van der Waals surface area contributed by atoms with Crippen LogP contribution in [0.25, 0.3) is 22.5 Å². The van der Waals surface area contributed by atoms with Crippen molar-refractivity contribution in [3.05, 3.63) is 108 Å². The molecular formula is C24H16F2N2O. The van der Waals surface area contributed by atoms with E-state index in [1.54, 1.807) is 18.2 Å². The normalized spacial score (nSPS) is 10.6. The highest BCUT2D eigenvalue weighted by atomic mass is 19.1. The van der Waals surface area contributed by atoms with Gasteiger partial charge in [-0.3, -0.25) is 4.79 Å². The Morgan fingerprint density at radius 3 is 1.97 bits per heavy atom. The van der Waals surface area contributed by atoms with Crippen LogP contribution in [0.15, 0.2) is 91.0 Å². The molecule has 0 saturated carbocycles. The maximum absolute atomic E-state index is 13.2. The molecule has 1 aromatic heterocycles. The molecule has 4 aromatic rings. The Kier molecular flexibility index (Phi) is 5.12. The average Bonchev–Trinajstić information content (AvgIpc) is 2.75. The number of hydrogen-bond donors (Lipinski definition) is 1. The highest BCUT2D eigenvalue weighted by Crippen LogP contribution is 2.25. The number of rotatable bonds is 4. The van der Waals surface area contributed by atoms with Gasteiger partial charge in [0.25, 0.3) is 5.91 Å². The first kappa shape index (κ1) is 18.5. The summed E-state index contributed by atoms with van der Waals surface area (Å²) < 4.78 is 26.2. The molecule has 3 aromatic carbocycles. The first-order valence-corrected chi connectivity index (χ1v) is 8.99. The number of carbonyl (C=O) groups is 1. The molecular weight excluding hydrogens is 370 g/mol. The summed E-state index contributed by atoms with van der Waals surface area (Å²) in [5.41, 5.74) is 4.06. The SMILES string of the molecule is O=C(Nc1cccc(-c2cccc(-c3ccc(F)cc3)n2)c1)c1ccc(F)cc1. The standard InChI is InChI=1S/C24H16F2N2O/c25-19-11-7-16(8-12-19)22-5-2-6-23(28-22)18-3-1-4-21(15-18)27-24(29)17-9-13-20(26)14-10-17/h1-15H,(H,27,29). The molecule has 1 amide bonds. The summed E-state index contributed by atoms with van der Waals surface area (Å²) >= 11 is 0. The van der Waals surface area contributed by atoms with E-state index in [0.29, 0.717) is 11.3 Å². The van der Waals surface area contributed by atoms with Gasteiger partial charge in [0.2, 0.25) is 0 Å². The third kappa shape index (κ3) is 4.35. The Hall–Kier alpha value is -3.86. The van der Waals surface area contributed by atoms with Crippen molar-refractivity contribution in [2.24, 2.45) is 0 Å². The molecule has 0 aliphatic heterocycles. The van der Waals surface area contributed by atoms with Gasteiger partial charge in [-0.05, 0) is 72.8 Å². The first-order valence-electron chi connectivity index (χ1n) is 8.99. The predicted octanol–water partition coefficient (Wildman–Crippen LogP) is 5.95. The molecule has 0 unspecified atom stereocenters. The number of aromatic nitrogens is 1. The van der Waals surface area contributed by atoms with Gasteiger partial charge in [-0.2, -0.15) is 0 Å². The molecule has 0 aliphatic carbocycles. The number of hydrogen-bond acceptors (Lipinski definition) is 2. The van der Waals surface area contributed by atoms with Crippen molar-refractivity contribution in [3.63, 3.8) is 0 Å². The minimum absolute atomic E-state index is 0.297. The summed E-state index contributed by atoms with van der Waals surface area (Å²) in [6, 6.07) is 24.4. The van der Waals surface area contributed by atoms with Crippen LogP contribution < -0.4 is 5.32 Å². The molecule has 0 radical (unpaired) electrons. The molecule has 1 heterocycles. The fraction of sp³-hybridized carbons (Fsp3) is 0. The summed E-state index contributed by atoms with van der Waals surface area (Å²) in [6.45, 7) is 0. The Balaban J connectivity index is 1.58. The summed E-state index contributed by atoms with van der Waals surface area (Å²) in [5.74, 6) is -1.01. The van der Waals surface area contributed by atoms with Crippen LogP contribution in [-0.2, 0) is 0 Å². The quantitative estimate of drug-likeness (QED) is 0.471. The van der Waals surface area contributed by atoms with Crippen molar-refractivity contribution in [3.8, 4) is 22.5 Å². The van der Waals surface area contributed by atoms with Crippen LogP contribution in [0, 0.1) is 11.6 Å². The lowest BCUT2D eigenvalue weighted by atomic mass is 10.1. The number of nitrogens with zero attached hydrogens (tertiary/aromatic N) is 1. The second-order valence-corrected chi connectivity index (χ2v) is 6.46. The van der Waals surface area contributed by atoms with Gasteiger partial charge in [0.15, 0.2) is 0 Å². The summed E-state index contributed by atoms with van der Waals surface area (Å²) in [6.07, 6.45) is 0. The molecule has 142 valence electrons. The number of pyridine rings is 1. The molecule has 4 rings (SSSR count). The lowest BCUT2D eigenvalue weighted by Gasteiger charge is -2.09. The third-order valence-corrected chi connectivity index (χ3v) is 4.41. The van der Waals surface area contributed by atoms with E-state index in [1.807, 2.05) is 36.4 Å².